The minimum atomic E-state index is -0.339. The van der Waals surface area contributed by atoms with Gasteiger partial charge in [0.05, 0.1) is 18.4 Å². The number of nitrogens with one attached hydrogen (secondary N) is 2. The Labute approximate surface area is 165 Å². The highest BCUT2D eigenvalue weighted by Crippen LogP contribution is 2.30. The lowest BCUT2D eigenvalue weighted by Crippen LogP contribution is -2.31. The summed E-state index contributed by atoms with van der Waals surface area (Å²) in [5.41, 5.74) is 1.61. The summed E-state index contributed by atoms with van der Waals surface area (Å²) in [7, 11) is 0. The summed E-state index contributed by atoms with van der Waals surface area (Å²) in [6.07, 6.45) is 6.27. The molecule has 2 N–H and O–H groups in total. The van der Waals surface area contributed by atoms with E-state index in [1.165, 1.54) is 12.3 Å². The van der Waals surface area contributed by atoms with Crippen molar-refractivity contribution >= 4 is 46.5 Å². The SMILES string of the molecule is O=C(/C=C/c1ccc(-c2cccc(Cl)c2)s1)NCC(=O)Nc1cccnc1. The molecule has 0 fully saturated rings. The topological polar surface area (TPSA) is 71.1 Å². The molecule has 7 heteroatoms. The third kappa shape index (κ3) is 5.77. The maximum Gasteiger partial charge on any atom is 0.244 e. The predicted octanol–water partition coefficient (Wildman–Crippen LogP) is 4.23. The number of carbonyl (C=O) groups is 2. The molecule has 3 rings (SSSR count). The Hall–Kier alpha value is -2.96. The Morgan fingerprint density at radius 3 is 2.81 bits per heavy atom. The van der Waals surface area contributed by atoms with Gasteiger partial charge in [-0.3, -0.25) is 14.6 Å². The van der Waals surface area contributed by atoms with Gasteiger partial charge in [-0.2, -0.15) is 0 Å². The zero-order valence-electron chi connectivity index (χ0n) is 14.2. The van der Waals surface area contributed by atoms with Crippen molar-refractivity contribution in [2.24, 2.45) is 0 Å². The fraction of sp³-hybridized carbons (Fsp3) is 0.0500. The molecule has 0 spiro atoms. The zero-order valence-corrected chi connectivity index (χ0v) is 15.8. The average Bonchev–Trinajstić information content (AvgIpc) is 3.15. The number of hydrogen-bond acceptors (Lipinski definition) is 4. The van der Waals surface area contributed by atoms with Crippen LogP contribution in [0.1, 0.15) is 4.88 Å². The fourth-order valence-electron chi connectivity index (χ4n) is 2.27. The second-order valence-electron chi connectivity index (χ2n) is 5.55. The summed E-state index contributed by atoms with van der Waals surface area (Å²) in [5.74, 6) is -0.654. The lowest BCUT2D eigenvalue weighted by molar-refractivity contribution is -0.121. The second kappa shape index (κ2) is 9.12. The Morgan fingerprint density at radius 2 is 2.04 bits per heavy atom. The van der Waals surface area contributed by atoms with Crippen LogP contribution in [-0.4, -0.2) is 23.3 Å². The Bertz CT molecular complexity index is 970. The summed E-state index contributed by atoms with van der Waals surface area (Å²) < 4.78 is 0. The number of amides is 2. The molecule has 136 valence electrons. The van der Waals surface area contributed by atoms with E-state index in [-0.39, 0.29) is 18.4 Å². The summed E-state index contributed by atoms with van der Waals surface area (Å²) in [6.45, 7) is -0.115. The number of pyridine rings is 1. The number of anilines is 1. The second-order valence-corrected chi connectivity index (χ2v) is 7.11. The van der Waals surface area contributed by atoms with Crippen LogP contribution in [0.25, 0.3) is 16.5 Å². The van der Waals surface area contributed by atoms with E-state index < -0.39 is 0 Å². The van der Waals surface area contributed by atoms with Crippen LogP contribution in [0.2, 0.25) is 5.02 Å². The monoisotopic (exact) mass is 397 g/mol. The first-order valence-electron chi connectivity index (χ1n) is 8.12. The van der Waals surface area contributed by atoms with Crippen LogP contribution in [0.3, 0.4) is 0 Å². The van der Waals surface area contributed by atoms with Gasteiger partial charge in [0.2, 0.25) is 11.8 Å². The largest absolute Gasteiger partial charge is 0.343 e. The van der Waals surface area contributed by atoms with E-state index in [1.54, 1.807) is 35.7 Å². The molecule has 27 heavy (non-hydrogen) atoms. The number of benzene rings is 1. The van der Waals surface area contributed by atoms with Gasteiger partial charge >= 0.3 is 0 Å². The third-order valence-electron chi connectivity index (χ3n) is 3.50. The highest BCUT2D eigenvalue weighted by Gasteiger charge is 2.05. The summed E-state index contributed by atoms with van der Waals surface area (Å²) in [5, 5.41) is 5.88. The van der Waals surface area contributed by atoms with Crippen molar-refractivity contribution in [2.45, 2.75) is 0 Å². The van der Waals surface area contributed by atoms with Crippen LogP contribution >= 0.6 is 22.9 Å². The van der Waals surface area contributed by atoms with Crippen LogP contribution in [0.15, 0.2) is 67.0 Å². The van der Waals surface area contributed by atoms with Gasteiger partial charge in [-0.1, -0.05) is 23.7 Å². The average molecular weight is 398 g/mol. The molecule has 0 saturated heterocycles. The minimum absolute atomic E-state index is 0.115. The van der Waals surface area contributed by atoms with Gasteiger partial charge in [-0.05, 0) is 48.0 Å². The van der Waals surface area contributed by atoms with E-state index in [0.29, 0.717) is 10.7 Å². The molecule has 3 aromatic rings. The Balaban J connectivity index is 1.51. The first-order chi connectivity index (χ1) is 13.1. The van der Waals surface area contributed by atoms with Gasteiger partial charge in [0.1, 0.15) is 0 Å². The fourth-order valence-corrected chi connectivity index (χ4v) is 3.36. The number of aromatic nitrogens is 1. The lowest BCUT2D eigenvalue weighted by atomic mass is 10.2. The van der Waals surface area contributed by atoms with E-state index >= 15 is 0 Å². The third-order valence-corrected chi connectivity index (χ3v) is 4.84. The molecule has 0 aliphatic heterocycles. The van der Waals surface area contributed by atoms with E-state index in [4.69, 9.17) is 11.6 Å². The highest BCUT2D eigenvalue weighted by atomic mass is 35.5. The van der Waals surface area contributed by atoms with Crippen LogP contribution < -0.4 is 10.6 Å². The molecule has 2 amide bonds. The molecule has 0 unspecified atom stereocenters. The lowest BCUT2D eigenvalue weighted by Gasteiger charge is -2.04. The maximum atomic E-state index is 11.9. The van der Waals surface area contributed by atoms with Crippen molar-refractivity contribution in [3.8, 4) is 10.4 Å². The predicted molar refractivity (Wildman–Crippen MR) is 110 cm³/mol. The number of nitrogens with zero attached hydrogens (tertiary/aromatic N) is 1. The molecule has 1 aromatic carbocycles. The molecule has 0 bridgehead atoms. The van der Waals surface area contributed by atoms with Crippen molar-refractivity contribution in [1.82, 2.24) is 10.3 Å². The zero-order chi connectivity index (χ0) is 19.1. The van der Waals surface area contributed by atoms with E-state index in [9.17, 15) is 9.59 Å². The first-order valence-corrected chi connectivity index (χ1v) is 9.31. The molecule has 0 saturated carbocycles. The highest BCUT2D eigenvalue weighted by molar-refractivity contribution is 7.16. The van der Waals surface area contributed by atoms with Gasteiger partial charge in [-0.25, -0.2) is 0 Å². The maximum absolute atomic E-state index is 11.9. The van der Waals surface area contributed by atoms with Crippen molar-refractivity contribution in [3.63, 3.8) is 0 Å². The van der Waals surface area contributed by atoms with Gasteiger partial charge in [0.25, 0.3) is 0 Å². The van der Waals surface area contributed by atoms with E-state index in [2.05, 4.69) is 15.6 Å². The van der Waals surface area contributed by atoms with Crippen molar-refractivity contribution < 1.29 is 9.59 Å². The van der Waals surface area contributed by atoms with Crippen molar-refractivity contribution in [2.75, 3.05) is 11.9 Å². The molecule has 2 aromatic heterocycles. The number of halogens is 1. The molecule has 0 atom stereocenters. The Kier molecular flexibility index (Phi) is 6.35. The molecule has 0 aliphatic carbocycles. The number of carbonyl (C=O) groups excluding carboxylic acids is 2. The van der Waals surface area contributed by atoms with Crippen molar-refractivity contribution in [3.05, 3.63) is 76.9 Å². The summed E-state index contributed by atoms with van der Waals surface area (Å²) >= 11 is 7.57. The molecular weight excluding hydrogens is 382 g/mol. The minimum Gasteiger partial charge on any atom is -0.343 e. The normalized spacial score (nSPS) is 10.7. The molecule has 5 nitrogen and oxygen atoms in total. The van der Waals surface area contributed by atoms with E-state index in [1.807, 2.05) is 36.4 Å². The van der Waals surface area contributed by atoms with Crippen LogP contribution in [0.4, 0.5) is 5.69 Å². The van der Waals surface area contributed by atoms with Gasteiger partial charge in [0.15, 0.2) is 0 Å². The Morgan fingerprint density at radius 1 is 1.15 bits per heavy atom. The van der Waals surface area contributed by atoms with Crippen LogP contribution in [0.5, 0.6) is 0 Å². The number of rotatable bonds is 6. The van der Waals surface area contributed by atoms with Gasteiger partial charge in [0, 0.05) is 27.0 Å². The molecule has 2 heterocycles. The van der Waals surface area contributed by atoms with Crippen molar-refractivity contribution in [1.29, 1.82) is 0 Å². The first kappa shape index (κ1) is 18.8. The standard InChI is InChI=1S/C20H16ClN3O2S/c21-15-4-1-3-14(11-15)18-8-6-17(27-18)7-9-19(25)23-13-20(26)24-16-5-2-10-22-12-16/h1-12H,13H2,(H,23,25)(H,24,26)/b9-7+. The number of hydrogen-bond donors (Lipinski definition) is 2. The summed E-state index contributed by atoms with van der Waals surface area (Å²) in [4.78, 5) is 29.6. The molecule has 0 aliphatic rings. The van der Waals surface area contributed by atoms with Gasteiger partial charge < -0.3 is 10.6 Å². The molecular formula is C20H16ClN3O2S. The van der Waals surface area contributed by atoms with Gasteiger partial charge in [-0.15, -0.1) is 11.3 Å². The summed E-state index contributed by atoms with van der Waals surface area (Å²) in [6, 6.07) is 15.0. The smallest absolute Gasteiger partial charge is 0.244 e. The number of thiophene rings is 1. The van der Waals surface area contributed by atoms with Crippen LogP contribution in [-0.2, 0) is 9.59 Å². The quantitative estimate of drug-likeness (QED) is 0.611. The van der Waals surface area contributed by atoms with E-state index in [0.717, 1.165) is 15.3 Å². The van der Waals surface area contributed by atoms with Crippen LogP contribution in [0, 0.1) is 0 Å². The molecule has 0 radical (unpaired) electrons.